The van der Waals surface area contributed by atoms with Crippen molar-refractivity contribution in [3.63, 3.8) is 0 Å². The van der Waals surface area contributed by atoms with Crippen LogP contribution in [0.4, 0.5) is 4.79 Å². The van der Waals surface area contributed by atoms with Crippen LogP contribution in [0.1, 0.15) is 42.3 Å². The van der Waals surface area contributed by atoms with Crippen LogP contribution < -0.4 is 5.32 Å². The molecule has 164 valence electrons. The SMILES string of the molecule is Cc1c(Br)c(Cl)cc(C(=O)O)c1COC[C@H]1CN(C(=O)OC(C)(C)C)CCN1.Cl. The lowest BCUT2D eigenvalue weighted by atomic mass is 10.0. The molecule has 1 heterocycles. The molecule has 0 saturated carbocycles. The molecule has 0 unspecified atom stereocenters. The molecule has 1 fully saturated rings. The van der Waals surface area contributed by atoms with Crippen LogP contribution >= 0.6 is 39.9 Å². The Morgan fingerprint density at radius 3 is 2.66 bits per heavy atom. The average Bonchev–Trinajstić information content (AvgIpc) is 2.60. The Kier molecular flexibility index (Phi) is 9.69. The zero-order valence-electron chi connectivity index (χ0n) is 16.9. The van der Waals surface area contributed by atoms with Gasteiger partial charge in [0.25, 0.3) is 0 Å². The number of nitrogens with one attached hydrogen (secondary N) is 1. The van der Waals surface area contributed by atoms with E-state index < -0.39 is 11.6 Å². The van der Waals surface area contributed by atoms with E-state index in [1.807, 2.05) is 20.8 Å². The Hall–Kier alpha value is -1.06. The van der Waals surface area contributed by atoms with Crippen LogP contribution in [0.5, 0.6) is 0 Å². The van der Waals surface area contributed by atoms with Gasteiger partial charge in [0.1, 0.15) is 5.60 Å². The van der Waals surface area contributed by atoms with Gasteiger partial charge >= 0.3 is 12.1 Å². The van der Waals surface area contributed by atoms with Crippen molar-refractivity contribution in [2.75, 3.05) is 26.2 Å². The number of nitrogens with zero attached hydrogens (tertiary/aromatic N) is 1. The number of hydrogen-bond acceptors (Lipinski definition) is 5. The summed E-state index contributed by atoms with van der Waals surface area (Å²) >= 11 is 9.45. The number of halogens is 3. The molecule has 1 aliphatic heterocycles. The highest BCUT2D eigenvalue weighted by molar-refractivity contribution is 9.10. The van der Waals surface area contributed by atoms with Crippen LogP contribution in [-0.4, -0.2) is 60.0 Å². The minimum absolute atomic E-state index is 0. The normalized spacial score (nSPS) is 16.9. The number of rotatable bonds is 5. The summed E-state index contributed by atoms with van der Waals surface area (Å²) < 4.78 is 11.9. The van der Waals surface area contributed by atoms with E-state index >= 15 is 0 Å². The van der Waals surface area contributed by atoms with E-state index in [0.29, 0.717) is 41.3 Å². The largest absolute Gasteiger partial charge is 0.478 e. The number of ether oxygens (including phenoxy) is 2. The monoisotopic (exact) mass is 512 g/mol. The smallest absolute Gasteiger partial charge is 0.410 e. The van der Waals surface area contributed by atoms with Gasteiger partial charge < -0.3 is 24.8 Å². The fraction of sp³-hybridized carbons (Fsp3) is 0.579. The summed E-state index contributed by atoms with van der Waals surface area (Å²) in [6.45, 7) is 9.43. The summed E-state index contributed by atoms with van der Waals surface area (Å²) in [5, 5.41) is 13.1. The van der Waals surface area contributed by atoms with Crippen molar-refractivity contribution in [1.29, 1.82) is 0 Å². The van der Waals surface area contributed by atoms with Crippen LogP contribution in [0.25, 0.3) is 0 Å². The molecule has 1 aromatic rings. The number of carboxylic acid groups (broad SMARTS) is 1. The number of hydrogen-bond donors (Lipinski definition) is 2. The van der Waals surface area contributed by atoms with E-state index in [-0.39, 0.29) is 36.7 Å². The van der Waals surface area contributed by atoms with E-state index in [1.54, 1.807) is 11.8 Å². The van der Waals surface area contributed by atoms with Crippen molar-refractivity contribution in [2.24, 2.45) is 0 Å². The first-order valence-electron chi connectivity index (χ1n) is 8.99. The van der Waals surface area contributed by atoms with Gasteiger partial charge in [0, 0.05) is 30.1 Å². The van der Waals surface area contributed by atoms with Crippen molar-refractivity contribution >= 4 is 52.0 Å². The molecule has 29 heavy (non-hydrogen) atoms. The number of benzene rings is 1. The third-order valence-electron chi connectivity index (χ3n) is 4.29. The minimum Gasteiger partial charge on any atom is -0.478 e. The number of carbonyl (C=O) groups is 2. The highest BCUT2D eigenvalue weighted by Crippen LogP contribution is 2.31. The van der Waals surface area contributed by atoms with Crippen molar-refractivity contribution in [3.8, 4) is 0 Å². The molecule has 1 aliphatic rings. The summed E-state index contributed by atoms with van der Waals surface area (Å²) in [7, 11) is 0. The second kappa shape index (κ2) is 10.8. The van der Waals surface area contributed by atoms with Gasteiger partial charge in [-0.3, -0.25) is 0 Å². The summed E-state index contributed by atoms with van der Waals surface area (Å²) in [4.78, 5) is 25.4. The summed E-state index contributed by atoms with van der Waals surface area (Å²) in [6.07, 6.45) is -0.343. The van der Waals surface area contributed by atoms with Crippen molar-refractivity contribution in [3.05, 3.63) is 32.3 Å². The van der Waals surface area contributed by atoms with Gasteiger partial charge in [-0.2, -0.15) is 0 Å². The van der Waals surface area contributed by atoms with Gasteiger partial charge in [0.15, 0.2) is 0 Å². The highest BCUT2D eigenvalue weighted by atomic mass is 79.9. The van der Waals surface area contributed by atoms with E-state index in [4.69, 9.17) is 21.1 Å². The predicted molar refractivity (Wildman–Crippen MR) is 117 cm³/mol. The van der Waals surface area contributed by atoms with Gasteiger partial charge in [-0.1, -0.05) is 11.6 Å². The molecular weight excluding hydrogens is 487 g/mol. The zero-order valence-corrected chi connectivity index (χ0v) is 20.0. The van der Waals surface area contributed by atoms with Crippen LogP contribution in [0, 0.1) is 6.92 Å². The van der Waals surface area contributed by atoms with Gasteiger partial charge in [0.2, 0.25) is 0 Å². The Bertz CT molecular complexity index is 755. The van der Waals surface area contributed by atoms with Crippen LogP contribution in [-0.2, 0) is 16.1 Å². The number of carbonyl (C=O) groups excluding carboxylic acids is 1. The number of amides is 1. The molecule has 1 saturated heterocycles. The van der Waals surface area contributed by atoms with E-state index in [9.17, 15) is 14.7 Å². The van der Waals surface area contributed by atoms with E-state index in [0.717, 1.165) is 5.56 Å². The zero-order chi connectivity index (χ0) is 21.1. The summed E-state index contributed by atoms with van der Waals surface area (Å²) in [6, 6.07) is 1.36. The van der Waals surface area contributed by atoms with Gasteiger partial charge in [-0.25, -0.2) is 9.59 Å². The van der Waals surface area contributed by atoms with Gasteiger partial charge in [-0.15, -0.1) is 12.4 Å². The number of carboxylic acids is 1. The number of aromatic carboxylic acids is 1. The van der Waals surface area contributed by atoms with Gasteiger partial charge in [-0.05, 0) is 60.8 Å². The van der Waals surface area contributed by atoms with Crippen molar-refractivity contribution in [1.82, 2.24) is 10.2 Å². The molecule has 1 aromatic carbocycles. The average molecular weight is 514 g/mol. The lowest BCUT2D eigenvalue weighted by molar-refractivity contribution is 0.0126. The molecule has 1 amide bonds. The topological polar surface area (TPSA) is 88.1 Å². The fourth-order valence-corrected chi connectivity index (χ4v) is 3.50. The summed E-state index contributed by atoms with van der Waals surface area (Å²) in [5.41, 5.74) is 0.888. The van der Waals surface area contributed by atoms with E-state index in [1.165, 1.54) is 6.07 Å². The Morgan fingerprint density at radius 2 is 2.07 bits per heavy atom. The number of piperazine rings is 1. The Morgan fingerprint density at radius 1 is 1.41 bits per heavy atom. The minimum atomic E-state index is -1.05. The van der Waals surface area contributed by atoms with Crippen molar-refractivity contribution in [2.45, 2.75) is 45.9 Å². The molecule has 7 nitrogen and oxygen atoms in total. The summed E-state index contributed by atoms with van der Waals surface area (Å²) in [5.74, 6) is -1.05. The Labute approximate surface area is 190 Å². The molecule has 0 aromatic heterocycles. The van der Waals surface area contributed by atoms with Crippen LogP contribution in [0.3, 0.4) is 0 Å². The maximum absolute atomic E-state index is 12.2. The second-order valence-electron chi connectivity index (χ2n) is 7.72. The molecule has 0 spiro atoms. The molecule has 2 N–H and O–H groups in total. The second-order valence-corrected chi connectivity index (χ2v) is 8.92. The maximum atomic E-state index is 12.2. The first kappa shape index (κ1) is 26.0. The molecular formula is C19H27BrCl2N2O5. The van der Waals surface area contributed by atoms with Crippen LogP contribution in [0.2, 0.25) is 5.02 Å². The third-order valence-corrected chi connectivity index (χ3v) is 5.84. The first-order valence-corrected chi connectivity index (χ1v) is 10.2. The van der Waals surface area contributed by atoms with E-state index in [2.05, 4.69) is 21.2 Å². The molecule has 0 bridgehead atoms. The van der Waals surface area contributed by atoms with Crippen molar-refractivity contribution < 1.29 is 24.2 Å². The lowest BCUT2D eigenvalue weighted by Crippen LogP contribution is -2.55. The predicted octanol–water partition coefficient (Wildman–Crippen LogP) is 4.26. The molecule has 2 rings (SSSR count). The first-order chi connectivity index (χ1) is 13.0. The molecule has 1 atom stereocenters. The molecule has 0 aliphatic carbocycles. The quantitative estimate of drug-likeness (QED) is 0.611. The molecule has 10 heteroatoms. The van der Waals surface area contributed by atoms with Gasteiger partial charge in [0.05, 0.1) is 23.8 Å². The standard InChI is InChI=1S/C19H26BrClN2O5.ClH/c1-11-14(13(17(24)25)7-15(21)16(11)20)10-27-9-12-8-23(6-5-22-12)18(26)28-19(2,3)4;/h7,12,22H,5-6,8-10H2,1-4H3,(H,24,25);1H/t12-;/m1./s1. The lowest BCUT2D eigenvalue weighted by Gasteiger charge is -2.34. The molecule has 0 radical (unpaired) electrons. The maximum Gasteiger partial charge on any atom is 0.410 e. The van der Waals surface area contributed by atoms with Crippen LogP contribution in [0.15, 0.2) is 10.5 Å². The Balaban J connectivity index is 0.00000420. The third kappa shape index (κ3) is 7.29. The fourth-order valence-electron chi connectivity index (χ4n) is 2.90. The highest BCUT2D eigenvalue weighted by Gasteiger charge is 2.27.